The summed E-state index contributed by atoms with van der Waals surface area (Å²) in [4.78, 5) is 48.2. The van der Waals surface area contributed by atoms with Gasteiger partial charge in [-0.05, 0) is 48.2 Å². The largest absolute Gasteiger partial charge is 0.497 e. The fourth-order valence-electron chi connectivity index (χ4n) is 2.60. The van der Waals surface area contributed by atoms with E-state index in [0.717, 1.165) is 11.0 Å². The number of ether oxygens (including phenoxy) is 1. The topological polar surface area (TPSA) is 119 Å². The lowest BCUT2D eigenvalue weighted by Crippen LogP contribution is -2.36. The van der Waals surface area contributed by atoms with Gasteiger partial charge in [0.2, 0.25) is 5.91 Å². The lowest BCUT2D eigenvalue weighted by molar-refractivity contribution is -0.384. The van der Waals surface area contributed by atoms with Crippen molar-refractivity contribution >= 4 is 69.5 Å². The van der Waals surface area contributed by atoms with Crippen LogP contribution in [0.25, 0.3) is 6.08 Å². The smallest absolute Gasteiger partial charge is 0.294 e. The second-order valence-electron chi connectivity index (χ2n) is 6.13. The summed E-state index contributed by atoms with van der Waals surface area (Å²) in [5, 5.41) is 12.9. The van der Waals surface area contributed by atoms with E-state index in [-0.39, 0.29) is 20.5 Å². The number of nitrogens with zero attached hydrogens (tertiary/aromatic N) is 2. The van der Waals surface area contributed by atoms with Gasteiger partial charge in [0.15, 0.2) is 0 Å². The highest BCUT2D eigenvalue weighted by Gasteiger charge is 2.36. The molecule has 0 aliphatic carbocycles. The van der Waals surface area contributed by atoms with E-state index in [1.807, 2.05) is 0 Å². The number of nitrogens with one attached hydrogen (secondary N) is 1. The number of halogens is 2. The average Bonchev–Trinajstić information content (AvgIpc) is 2.97. The van der Waals surface area contributed by atoms with Crippen LogP contribution in [0.15, 0.2) is 41.3 Å². The Morgan fingerprint density at radius 2 is 1.90 bits per heavy atom. The van der Waals surface area contributed by atoms with Crippen LogP contribution in [0.1, 0.15) is 5.56 Å². The van der Waals surface area contributed by atoms with Crippen molar-refractivity contribution < 1.29 is 24.0 Å². The fourth-order valence-corrected chi connectivity index (χ4v) is 3.94. The van der Waals surface area contributed by atoms with E-state index in [4.69, 9.17) is 27.9 Å². The van der Waals surface area contributed by atoms with Gasteiger partial charge in [-0.25, -0.2) is 0 Å². The van der Waals surface area contributed by atoms with E-state index in [1.165, 1.54) is 19.3 Å². The van der Waals surface area contributed by atoms with Crippen LogP contribution in [0.2, 0.25) is 10.0 Å². The Morgan fingerprint density at radius 1 is 1.23 bits per heavy atom. The number of hydrogen-bond donors (Lipinski definition) is 1. The molecule has 2 aromatic carbocycles. The summed E-state index contributed by atoms with van der Waals surface area (Å²) in [6.07, 6.45) is 1.25. The molecule has 3 amide bonds. The maximum absolute atomic E-state index is 12.6. The van der Waals surface area contributed by atoms with Gasteiger partial charge in [0.25, 0.3) is 16.8 Å². The summed E-state index contributed by atoms with van der Waals surface area (Å²) >= 11 is 12.5. The highest BCUT2D eigenvalue weighted by Crippen LogP contribution is 2.36. The number of amides is 3. The van der Waals surface area contributed by atoms with Crippen molar-refractivity contribution in [2.75, 3.05) is 19.0 Å². The summed E-state index contributed by atoms with van der Waals surface area (Å²) in [6.45, 7) is -0.497. The van der Waals surface area contributed by atoms with Crippen LogP contribution in [-0.4, -0.2) is 40.5 Å². The first kappa shape index (κ1) is 22.6. The molecule has 2 aromatic rings. The summed E-state index contributed by atoms with van der Waals surface area (Å²) in [7, 11) is 1.51. The Balaban J connectivity index is 1.75. The summed E-state index contributed by atoms with van der Waals surface area (Å²) in [5.41, 5.74) is 0.218. The normalized spacial score (nSPS) is 14.8. The molecule has 31 heavy (non-hydrogen) atoms. The molecule has 0 aromatic heterocycles. The summed E-state index contributed by atoms with van der Waals surface area (Å²) in [5.74, 6) is -0.683. The molecule has 12 heteroatoms. The van der Waals surface area contributed by atoms with Gasteiger partial charge in [-0.1, -0.05) is 23.2 Å². The second-order valence-corrected chi connectivity index (χ2v) is 7.93. The SMILES string of the molecule is COc1ccc(NC(=O)CN2C(=O)S/C(=C\c3cc([N+](=O)[O-])c(Cl)cc3Cl)C2=O)cc1. The van der Waals surface area contributed by atoms with Gasteiger partial charge in [-0.2, -0.15) is 0 Å². The molecule has 1 aliphatic rings. The first-order chi connectivity index (χ1) is 14.7. The van der Waals surface area contributed by atoms with Crippen molar-refractivity contribution in [2.24, 2.45) is 0 Å². The van der Waals surface area contributed by atoms with Gasteiger partial charge in [-0.3, -0.25) is 29.4 Å². The van der Waals surface area contributed by atoms with Crippen LogP contribution in [0.3, 0.4) is 0 Å². The lowest BCUT2D eigenvalue weighted by Gasteiger charge is -2.12. The quantitative estimate of drug-likeness (QED) is 0.364. The number of anilines is 1. The molecule has 0 unspecified atom stereocenters. The van der Waals surface area contributed by atoms with Crippen LogP contribution in [0, 0.1) is 10.1 Å². The maximum atomic E-state index is 12.6. The Hall–Kier alpha value is -3.08. The molecule has 0 radical (unpaired) electrons. The third kappa shape index (κ3) is 5.16. The Morgan fingerprint density at radius 3 is 2.52 bits per heavy atom. The first-order valence-corrected chi connectivity index (χ1v) is 10.1. The zero-order valence-corrected chi connectivity index (χ0v) is 18.1. The number of carbonyl (C=O) groups excluding carboxylic acids is 3. The lowest BCUT2D eigenvalue weighted by atomic mass is 10.2. The number of hydrogen-bond acceptors (Lipinski definition) is 7. The van der Waals surface area contributed by atoms with E-state index >= 15 is 0 Å². The van der Waals surface area contributed by atoms with E-state index < -0.39 is 34.2 Å². The molecule has 1 fully saturated rings. The number of nitro benzene ring substituents is 1. The highest BCUT2D eigenvalue weighted by molar-refractivity contribution is 8.18. The van der Waals surface area contributed by atoms with Gasteiger partial charge < -0.3 is 10.1 Å². The second kappa shape index (κ2) is 9.38. The zero-order chi connectivity index (χ0) is 22.7. The molecule has 0 spiro atoms. The van der Waals surface area contributed by atoms with E-state index in [1.54, 1.807) is 24.3 Å². The maximum Gasteiger partial charge on any atom is 0.294 e. The van der Waals surface area contributed by atoms with Gasteiger partial charge in [-0.15, -0.1) is 0 Å². The molecule has 0 atom stereocenters. The van der Waals surface area contributed by atoms with Gasteiger partial charge in [0.1, 0.15) is 17.3 Å². The number of imide groups is 1. The number of carbonyl (C=O) groups is 3. The molecular weight excluding hydrogens is 469 g/mol. The fraction of sp³-hybridized carbons (Fsp3) is 0.105. The average molecular weight is 482 g/mol. The summed E-state index contributed by atoms with van der Waals surface area (Å²) in [6, 6.07) is 8.80. The van der Waals surface area contributed by atoms with Crippen molar-refractivity contribution in [1.82, 2.24) is 4.90 Å². The standard InChI is InChI=1S/C19H13Cl2N3O6S/c1-30-12-4-2-11(3-5-12)22-17(25)9-23-18(26)16(31-19(23)27)7-10-6-15(24(28)29)14(21)8-13(10)20/h2-8H,9H2,1H3,(H,22,25)/b16-7-. The van der Waals surface area contributed by atoms with Crippen molar-refractivity contribution in [3.63, 3.8) is 0 Å². The third-order valence-corrected chi connectivity index (χ3v) is 5.64. The number of benzene rings is 2. The first-order valence-electron chi connectivity index (χ1n) is 8.52. The molecule has 3 rings (SSSR count). The minimum atomic E-state index is -0.714. The van der Waals surface area contributed by atoms with Gasteiger partial charge in [0.05, 0.1) is 16.9 Å². The van der Waals surface area contributed by atoms with Gasteiger partial charge in [0, 0.05) is 22.3 Å². The molecule has 1 N–H and O–H groups in total. The predicted molar refractivity (Wildman–Crippen MR) is 117 cm³/mol. The van der Waals surface area contributed by atoms with E-state index in [0.29, 0.717) is 23.2 Å². The predicted octanol–water partition coefficient (Wildman–Crippen LogP) is 4.59. The molecule has 1 saturated heterocycles. The van der Waals surface area contributed by atoms with Crippen LogP contribution < -0.4 is 10.1 Å². The van der Waals surface area contributed by atoms with Crippen molar-refractivity contribution in [3.8, 4) is 5.75 Å². The van der Waals surface area contributed by atoms with Crippen LogP contribution in [-0.2, 0) is 9.59 Å². The highest BCUT2D eigenvalue weighted by atomic mass is 35.5. The van der Waals surface area contributed by atoms with Crippen LogP contribution in [0.5, 0.6) is 5.75 Å². The van der Waals surface area contributed by atoms with Crippen molar-refractivity contribution in [2.45, 2.75) is 0 Å². The molecule has 1 heterocycles. The van der Waals surface area contributed by atoms with Crippen LogP contribution >= 0.6 is 35.0 Å². The van der Waals surface area contributed by atoms with Crippen LogP contribution in [0.4, 0.5) is 16.2 Å². The van der Waals surface area contributed by atoms with Crippen molar-refractivity contribution in [3.05, 3.63) is 67.0 Å². The molecule has 0 saturated carbocycles. The monoisotopic (exact) mass is 481 g/mol. The van der Waals surface area contributed by atoms with E-state index in [9.17, 15) is 24.5 Å². The summed E-state index contributed by atoms with van der Waals surface area (Å²) < 4.78 is 5.03. The number of rotatable bonds is 6. The van der Waals surface area contributed by atoms with E-state index in [2.05, 4.69) is 5.32 Å². The molecule has 160 valence electrons. The van der Waals surface area contributed by atoms with Gasteiger partial charge >= 0.3 is 0 Å². The third-order valence-electron chi connectivity index (χ3n) is 4.10. The minimum Gasteiger partial charge on any atom is -0.497 e. The molecule has 0 bridgehead atoms. The minimum absolute atomic E-state index is 0.0271. The Bertz CT molecular complexity index is 1120. The zero-order valence-electron chi connectivity index (χ0n) is 15.8. The number of nitro groups is 1. The Kier molecular flexibility index (Phi) is 6.84. The Labute approximate surface area is 190 Å². The molecular formula is C19H13Cl2N3O6S. The number of methoxy groups -OCH3 is 1. The van der Waals surface area contributed by atoms with Crippen molar-refractivity contribution in [1.29, 1.82) is 0 Å². The number of thioether (sulfide) groups is 1. The molecule has 9 nitrogen and oxygen atoms in total. The molecule has 1 aliphatic heterocycles.